The first kappa shape index (κ1) is 20.6. The van der Waals surface area contributed by atoms with E-state index in [1.165, 1.54) is 36.9 Å². The summed E-state index contributed by atoms with van der Waals surface area (Å²) in [6, 6.07) is 2.96. The Morgan fingerprint density at radius 3 is 2.61 bits per heavy atom. The third-order valence-electron chi connectivity index (χ3n) is 6.83. The van der Waals surface area contributed by atoms with Crippen LogP contribution in [0.2, 0.25) is 0 Å². The standard InChI is InChI=1S/C24H33N5O2/c1-24(2,3)31-23(30)29-10-8-17-19(13-29)18(12-25)22(27-21(17)16-6-7-16)28-11-9-26-20(14-28)15-4-5-15/h15-16,20,26H,4-11,13-14H2,1-3H3. The fourth-order valence-electron chi connectivity index (χ4n) is 4.96. The maximum Gasteiger partial charge on any atom is 0.410 e. The van der Waals surface area contributed by atoms with E-state index in [1.807, 2.05) is 20.8 Å². The number of carbonyl (C=O) groups is 1. The highest BCUT2D eigenvalue weighted by molar-refractivity contribution is 5.70. The highest BCUT2D eigenvalue weighted by Gasteiger charge is 2.38. The third kappa shape index (κ3) is 4.23. The van der Waals surface area contributed by atoms with Crippen LogP contribution in [0.25, 0.3) is 0 Å². The van der Waals surface area contributed by atoms with Crippen molar-refractivity contribution in [2.24, 2.45) is 5.92 Å². The summed E-state index contributed by atoms with van der Waals surface area (Å²) in [5.74, 6) is 2.10. The first-order chi connectivity index (χ1) is 14.8. The van der Waals surface area contributed by atoms with Gasteiger partial charge < -0.3 is 19.9 Å². The molecule has 1 unspecified atom stereocenters. The van der Waals surface area contributed by atoms with E-state index in [-0.39, 0.29) is 6.09 Å². The van der Waals surface area contributed by atoms with Crippen LogP contribution in [0.1, 0.15) is 74.8 Å². The first-order valence-electron chi connectivity index (χ1n) is 11.8. The number of piperazine rings is 1. The molecule has 1 aromatic rings. The molecule has 1 amide bonds. The molecule has 2 aliphatic carbocycles. The average Bonchev–Trinajstić information content (AvgIpc) is 3.63. The van der Waals surface area contributed by atoms with Crippen LogP contribution in [0.5, 0.6) is 0 Å². The second-order valence-corrected chi connectivity index (χ2v) is 10.5. The van der Waals surface area contributed by atoms with Crippen molar-refractivity contribution in [2.45, 2.75) is 77.0 Å². The van der Waals surface area contributed by atoms with E-state index in [2.05, 4.69) is 16.3 Å². The van der Waals surface area contributed by atoms with Crippen LogP contribution in [-0.2, 0) is 17.7 Å². The number of amides is 1. The van der Waals surface area contributed by atoms with Gasteiger partial charge in [0, 0.05) is 43.8 Å². The van der Waals surface area contributed by atoms with Crippen LogP contribution in [0.3, 0.4) is 0 Å². The van der Waals surface area contributed by atoms with E-state index < -0.39 is 5.60 Å². The van der Waals surface area contributed by atoms with Crippen LogP contribution in [0, 0.1) is 17.2 Å². The van der Waals surface area contributed by atoms with Crippen LogP contribution >= 0.6 is 0 Å². The fourth-order valence-corrected chi connectivity index (χ4v) is 4.96. The van der Waals surface area contributed by atoms with Gasteiger partial charge in [0.25, 0.3) is 0 Å². The fraction of sp³-hybridized carbons (Fsp3) is 0.708. The zero-order chi connectivity index (χ0) is 21.8. The average molecular weight is 424 g/mol. The number of ether oxygens (including phenoxy) is 1. The Morgan fingerprint density at radius 2 is 1.97 bits per heavy atom. The number of hydrogen-bond donors (Lipinski definition) is 1. The summed E-state index contributed by atoms with van der Waals surface area (Å²) in [7, 11) is 0. The van der Waals surface area contributed by atoms with Crippen molar-refractivity contribution in [1.82, 2.24) is 15.2 Å². The predicted octanol–water partition coefficient (Wildman–Crippen LogP) is 3.31. The van der Waals surface area contributed by atoms with Gasteiger partial charge in [0.05, 0.1) is 12.1 Å². The van der Waals surface area contributed by atoms with Crippen molar-refractivity contribution in [3.63, 3.8) is 0 Å². The zero-order valence-corrected chi connectivity index (χ0v) is 18.9. The molecule has 0 spiro atoms. The molecule has 5 rings (SSSR count). The summed E-state index contributed by atoms with van der Waals surface area (Å²) < 4.78 is 5.62. The molecule has 3 fully saturated rings. The molecule has 166 valence electrons. The Bertz CT molecular complexity index is 923. The molecule has 7 heteroatoms. The van der Waals surface area contributed by atoms with Crippen molar-refractivity contribution < 1.29 is 9.53 Å². The highest BCUT2D eigenvalue weighted by atomic mass is 16.6. The second-order valence-electron chi connectivity index (χ2n) is 10.5. The molecule has 4 aliphatic rings. The van der Waals surface area contributed by atoms with E-state index >= 15 is 0 Å². The summed E-state index contributed by atoms with van der Waals surface area (Å²) in [5, 5.41) is 13.8. The number of fused-ring (bicyclic) bond motifs is 1. The summed E-state index contributed by atoms with van der Waals surface area (Å²) in [6.07, 6.45) is 5.39. The first-order valence-corrected chi connectivity index (χ1v) is 11.8. The van der Waals surface area contributed by atoms with E-state index in [0.29, 0.717) is 30.6 Å². The number of rotatable bonds is 3. The van der Waals surface area contributed by atoms with Gasteiger partial charge in [-0.2, -0.15) is 5.26 Å². The normalized spacial score (nSPS) is 23.9. The van der Waals surface area contributed by atoms with Crippen molar-refractivity contribution >= 4 is 11.9 Å². The molecule has 31 heavy (non-hydrogen) atoms. The van der Waals surface area contributed by atoms with Crippen molar-refractivity contribution in [2.75, 3.05) is 31.1 Å². The molecule has 0 bridgehead atoms. The Labute approximate surface area is 184 Å². The number of nitrogens with one attached hydrogen (secondary N) is 1. The summed E-state index contributed by atoms with van der Waals surface area (Å²) in [4.78, 5) is 21.9. The second kappa shape index (κ2) is 7.67. The Hall–Kier alpha value is -2.33. The zero-order valence-electron chi connectivity index (χ0n) is 18.9. The van der Waals surface area contributed by atoms with Gasteiger partial charge in [0.1, 0.15) is 17.5 Å². The number of carbonyl (C=O) groups excluding carboxylic acids is 1. The topological polar surface area (TPSA) is 81.5 Å². The maximum atomic E-state index is 12.8. The molecule has 0 aromatic carbocycles. The van der Waals surface area contributed by atoms with Gasteiger partial charge in [-0.05, 0) is 69.9 Å². The van der Waals surface area contributed by atoms with Crippen molar-refractivity contribution in [1.29, 1.82) is 5.26 Å². The molecule has 2 aliphatic heterocycles. The molecular weight excluding hydrogens is 390 g/mol. The Balaban J connectivity index is 1.49. The Morgan fingerprint density at radius 1 is 1.19 bits per heavy atom. The summed E-state index contributed by atoms with van der Waals surface area (Å²) in [6.45, 7) is 9.40. The predicted molar refractivity (Wildman–Crippen MR) is 118 cm³/mol. The number of pyridine rings is 1. The maximum absolute atomic E-state index is 12.8. The molecule has 1 saturated heterocycles. The van der Waals surface area contributed by atoms with Gasteiger partial charge in [-0.1, -0.05) is 0 Å². The van der Waals surface area contributed by atoms with Gasteiger partial charge in [-0.3, -0.25) is 0 Å². The van der Waals surface area contributed by atoms with Crippen molar-refractivity contribution in [3.8, 4) is 6.07 Å². The largest absolute Gasteiger partial charge is 0.444 e. The van der Waals surface area contributed by atoms with Gasteiger partial charge in [0.15, 0.2) is 0 Å². The molecule has 1 aromatic heterocycles. The molecular formula is C24H33N5O2. The minimum absolute atomic E-state index is 0.302. The van der Waals surface area contributed by atoms with Crippen LogP contribution in [-0.4, -0.2) is 53.8 Å². The lowest BCUT2D eigenvalue weighted by molar-refractivity contribution is 0.0223. The molecule has 0 radical (unpaired) electrons. The molecule has 7 nitrogen and oxygen atoms in total. The lowest BCUT2D eigenvalue weighted by Crippen LogP contribution is -2.52. The Kier molecular flexibility index (Phi) is 5.09. The minimum atomic E-state index is -0.531. The van der Waals surface area contributed by atoms with Gasteiger partial charge in [-0.25, -0.2) is 9.78 Å². The molecule has 3 heterocycles. The minimum Gasteiger partial charge on any atom is -0.444 e. The third-order valence-corrected chi connectivity index (χ3v) is 6.83. The van der Waals surface area contributed by atoms with Gasteiger partial charge >= 0.3 is 6.09 Å². The number of nitriles is 1. The lowest BCUT2D eigenvalue weighted by atomic mass is 9.92. The van der Waals surface area contributed by atoms with Gasteiger partial charge in [0.2, 0.25) is 0 Å². The van der Waals surface area contributed by atoms with Gasteiger partial charge in [-0.15, -0.1) is 0 Å². The highest BCUT2D eigenvalue weighted by Crippen LogP contribution is 2.45. The monoisotopic (exact) mass is 423 g/mol. The number of nitrogens with zero attached hydrogens (tertiary/aromatic N) is 4. The van der Waals surface area contributed by atoms with Crippen LogP contribution in [0.15, 0.2) is 0 Å². The molecule has 1 atom stereocenters. The van der Waals surface area contributed by atoms with E-state index in [1.54, 1.807) is 4.90 Å². The number of anilines is 1. The number of hydrogen-bond acceptors (Lipinski definition) is 6. The van der Waals surface area contributed by atoms with E-state index in [9.17, 15) is 10.1 Å². The van der Waals surface area contributed by atoms with Crippen LogP contribution in [0.4, 0.5) is 10.6 Å². The van der Waals surface area contributed by atoms with E-state index in [4.69, 9.17) is 9.72 Å². The molecule has 2 saturated carbocycles. The quantitative estimate of drug-likeness (QED) is 0.803. The molecule has 1 N–H and O–H groups in total. The van der Waals surface area contributed by atoms with Crippen LogP contribution < -0.4 is 10.2 Å². The number of aromatic nitrogens is 1. The lowest BCUT2D eigenvalue weighted by Gasteiger charge is -2.37. The SMILES string of the molecule is CC(C)(C)OC(=O)N1CCc2c(C3CC3)nc(N3CCNC(C4CC4)C3)c(C#N)c2C1. The van der Waals surface area contributed by atoms with E-state index in [0.717, 1.165) is 43.4 Å². The summed E-state index contributed by atoms with van der Waals surface area (Å²) >= 11 is 0. The van der Waals surface area contributed by atoms with Crippen molar-refractivity contribution in [3.05, 3.63) is 22.4 Å². The summed E-state index contributed by atoms with van der Waals surface area (Å²) in [5.41, 5.74) is 3.50. The smallest absolute Gasteiger partial charge is 0.410 e.